The van der Waals surface area contributed by atoms with Crippen LogP contribution in [0.4, 0.5) is 0 Å². The lowest BCUT2D eigenvalue weighted by Gasteiger charge is -2.20. The van der Waals surface area contributed by atoms with Crippen LogP contribution in [0.25, 0.3) is 11.1 Å². The molecule has 2 heterocycles. The molecular formula is C27H25N3O6S. The zero-order valence-corrected chi connectivity index (χ0v) is 21.1. The van der Waals surface area contributed by atoms with Gasteiger partial charge in [0, 0.05) is 19.0 Å². The fourth-order valence-electron chi connectivity index (χ4n) is 4.58. The summed E-state index contributed by atoms with van der Waals surface area (Å²) < 4.78 is 43.1. The number of hydrogen-bond acceptors (Lipinski definition) is 7. The summed E-state index contributed by atoms with van der Waals surface area (Å²) in [5.74, 6) is 0.960. The predicted molar refractivity (Wildman–Crippen MR) is 139 cm³/mol. The van der Waals surface area contributed by atoms with E-state index in [2.05, 4.69) is 0 Å². The van der Waals surface area contributed by atoms with Gasteiger partial charge in [0.05, 0.1) is 12.8 Å². The normalized spacial score (nSPS) is 17.3. The predicted octanol–water partition coefficient (Wildman–Crippen LogP) is 3.66. The number of fused-ring (bicyclic) bond motifs is 1. The second-order valence-electron chi connectivity index (χ2n) is 9.07. The van der Waals surface area contributed by atoms with E-state index in [0.29, 0.717) is 46.2 Å². The van der Waals surface area contributed by atoms with E-state index in [9.17, 15) is 17.8 Å². The molecule has 0 spiro atoms. The SMILES string of the molecule is COc1cc(CS(=O)(=O)O)cc(-c2cccc(C3N=C(c4ccc5c(c4)OCC(=N)C5)N(C)C3=O)c2)c1. The molecule has 0 saturated heterocycles. The number of carbonyl (C=O) groups is 1. The van der Waals surface area contributed by atoms with Crippen molar-refractivity contribution in [3.05, 3.63) is 82.9 Å². The Morgan fingerprint density at radius 2 is 1.92 bits per heavy atom. The van der Waals surface area contributed by atoms with E-state index in [1.165, 1.54) is 12.0 Å². The molecule has 0 radical (unpaired) electrons. The van der Waals surface area contributed by atoms with Gasteiger partial charge in [-0.3, -0.25) is 14.2 Å². The lowest BCUT2D eigenvalue weighted by atomic mass is 9.98. The Bertz CT molecular complexity index is 1560. The van der Waals surface area contributed by atoms with Crippen molar-refractivity contribution in [3.8, 4) is 22.6 Å². The minimum absolute atomic E-state index is 0.176. The van der Waals surface area contributed by atoms with E-state index >= 15 is 0 Å². The molecule has 10 heteroatoms. The van der Waals surface area contributed by atoms with Crippen molar-refractivity contribution in [2.45, 2.75) is 18.2 Å². The van der Waals surface area contributed by atoms with Crippen LogP contribution in [0.15, 0.2) is 65.7 Å². The summed E-state index contributed by atoms with van der Waals surface area (Å²) >= 11 is 0. The molecule has 3 aromatic rings. The van der Waals surface area contributed by atoms with E-state index in [1.54, 1.807) is 25.2 Å². The molecule has 2 aliphatic rings. The van der Waals surface area contributed by atoms with Crippen LogP contribution in [-0.2, 0) is 27.1 Å². The first kappa shape index (κ1) is 24.7. The number of nitrogens with zero attached hydrogens (tertiary/aromatic N) is 2. The van der Waals surface area contributed by atoms with Crippen LogP contribution >= 0.6 is 0 Å². The maximum absolute atomic E-state index is 13.2. The zero-order chi connectivity index (χ0) is 26.3. The second-order valence-corrected chi connectivity index (χ2v) is 10.5. The number of amidine groups is 1. The highest BCUT2D eigenvalue weighted by Crippen LogP contribution is 2.34. The summed E-state index contributed by atoms with van der Waals surface area (Å²) in [6.45, 7) is 0.253. The highest BCUT2D eigenvalue weighted by atomic mass is 32.2. The van der Waals surface area contributed by atoms with Gasteiger partial charge in [0.15, 0.2) is 6.04 Å². The van der Waals surface area contributed by atoms with Crippen LogP contribution in [0.2, 0.25) is 0 Å². The number of hydrogen-bond donors (Lipinski definition) is 2. The summed E-state index contributed by atoms with van der Waals surface area (Å²) in [5, 5.41) is 7.83. The molecule has 0 saturated carbocycles. The van der Waals surface area contributed by atoms with E-state index in [0.717, 1.165) is 16.7 Å². The van der Waals surface area contributed by atoms with Crippen molar-refractivity contribution < 1.29 is 27.2 Å². The first-order valence-electron chi connectivity index (χ1n) is 11.5. The first-order chi connectivity index (χ1) is 17.6. The number of rotatable bonds is 6. The van der Waals surface area contributed by atoms with E-state index in [-0.39, 0.29) is 12.5 Å². The van der Waals surface area contributed by atoms with E-state index in [4.69, 9.17) is 19.9 Å². The molecule has 0 bridgehead atoms. The highest BCUT2D eigenvalue weighted by Gasteiger charge is 2.34. The van der Waals surface area contributed by atoms with Gasteiger partial charge in [-0.25, -0.2) is 4.99 Å². The summed E-state index contributed by atoms with van der Waals surface area (Å²) in [6, 6.07) is 17.2. The van der Waals surface area contributed by atoms with Gasteiger partial charge in [-0.2, -0.15) is 8.42 Å². The Morgan fingerprint density at radius 3 is 2.68 bits per heavy atom. The molecule has 9 nitrogen and oxygen atoms in total. The Labute approximate surface area is 214 Å². The average Bonchev–Trinajstić information content (AvgIpc) is 3.16. The van der Waals surface area contributed by atoms with Crippen LogP contribution in [0.1, 0.15) is 28.3 Å². The van der Waals surface area contributed by atoms with Gasteiger partial charge in [0.25, 0.3) is 16.0 Å². The lowest BCUT2D eigenvalue weighted by Crippen LogP contribution is -2.30. The number of likely N-dealkylation sites (N-methyl/N-ethyl adjacent to an activating group) is 1. The van der Waals surface area contributed by atoms with Crippen molar-refractivity contribution in [1.29, 1.82) is 5.41 Å². The molecule has 0 aromatic heterocycles. The fourth-order valence-corrected chi connectivity index (χ4v) is 5.17. The van der Waals surface area contributed by atoms with Gasteiger partial charge in [-0.1, -0.05) is 30.3 Å². The minimum Gasteiger partial charge on any atom is -0.497 e. The standard InChI is InChI=1S/C27H25N3O6S/c1-30-26(20-7-6-18-11-22(28)14-36-24(18)13-20)29-25(27(30)31)19-5-3-4-17(10-19)21-8-16(15-37(32,33)34)9-23(12-21)35-2/h3-10,12-13,25,28H,11,14-15H2,1-2H3,(H,32,33,34). The number of benzene rings is 3. The topological polar surface area (TPSA) is 129 Å². The molecule has 190 valence electrons. The molecule has 3 aromatic carbocycles. The van der Waals surface area contributed by atoms with Gasteiger partial charge in [-0.15, -0.1) is 0 Å². The van der Waals surface area contributed by atoms with Crippen LogP contribution in [-0.4, -0.2) is 56.1 Å². The molecule has 1 atom stereocenters. The van der Waals surface area contributed by atoms with E-state index in [1.807, 2.05) is 42.5 Å². The highest BCUT2D eigenvalue weighted by molar-refractivity contribution is 7.85. The molecule has 1 amide bonds. The Kier molecular flexibility index (Phi) is 6.30. The lowest BCUT2D eigenvalue weighted by molar-refractivity contribution is -0.126. The molecule has 0 aliphatic carbocycles. The van der Waals surface area contributed by atoms with Crippen molar-refractivity contribution in [2.75, 3.05) is 20.8 Å². The number of aliphatic imine (C=N–C) groups is 1. The molecule has 1 unspecified atom stereocenters. The van der Waals surface area contributed by atoms with Gasteiger partial charge < -0.3 is 14.9 Å². The number of carbonyl (C=O) groups excluding carboxylic acids is 1. The summed E-state index contributed by atoms with van der Waals surface area (Å²) in [4.78, 5) is 19.5. The van der Waals surface area contributed by atoms with Crippen LogP contribution in [0, 0.1) is 5.41 Å². The van der Waals surface area contributed by atoms with Crippen molar-refractivity contribution in [1.82, 2.24) is 4.90 Å². The van der Waals surface area contributed by atoms with Gasteiger partial charge in [-0.05, 0) is 58.1 Å². The summed E-state index contributed by atoms with van der Waals surface area (Å²) in [7, 11) is -1.06. The number of amides is 1. The summed E-state index contributed by atoms with van der Waals surface area (Å²) in [5.41, 5.74) is 4.70. The number of ether oxygens (including phenoxy) is 2. The maximum Gasteiger partial charge on any atom is 0.269 e. The van der Waals surface area contributed by atoms with Crippen molar-refractivity contribution >= 4 is 27.6 Å². The minimum atomic E-state index is -4.22. The van der Waals surface area contributed by atoms with Gasteiger partial charge in [0.2, 0.25) is 0 Å². The smallest absolute Gasteiger partial charge is 0.269 e. The van der Waals surface area contributed by atoms with Crippen LogP contribution < -0.4 is 9.47 Å². The number of methoxy groups -OCH3 is 1. The average molecular weight is 520 g/mol. The zero-order valence-electron chi connectivity index (χ0n) is 20.3. The molecule has 0 fully saturated rings. The third-order valence-corrected chi connectivity index (χ3v) is 7.05. The van der Waals surface area contributed by atoms with Crippen molar-refractivity contribution in [2.24, 2.45) is 4.99 Å². The molecule has 2 N–H and O–H groups in total. The van der Waals surface area contributed by atoms with E-state index < -0.39 is 21.9 Å². The second kappa shape index (κ2) is 9.45. The van der Waals surface area contributed by atoms with Crippen molar-refractivity contribution in [3.63, 3.8) is 0 Å². The molecule has 5 rings (SSSR count). The monoisotopic (exact) mass is 519 g/mol. The van der Waals surface area contributed by atoms with Crippen LogP contribution in [0.5, 0.6) is 11.5 Å². The quantitative estimate of drug-likeness (QED) is 0.478. The van der Waals surface area contributed by atoms with Gasteiger partial charge >= 0.3 is 0 Å². The third-order valence-electron chi connectivity index (χ3n) is 6.35. The third kappa shape index (κ3) is 5.11. The first-order valence-corrected chi connectivity index (χ1v) is 13.1. The largest absolute Gasteiger partial charge is 0.497 e. The Morgan fingerprint density at radius 1 is 1.11 bits per heavy atom. The Hall–Kier alpha value is -4.02. The number of nitrogens with one attached hydrogen (secondary N) is 1. The molecule has 2 aliphatic heterocycles. The maximum atomic E-state index is 13.2. The molecular weight excluding hydrogens is 494 g/mol. The summed E-state index contributed by atoms with van der Waals surface area (Å²) in [6.07, 6.45) is 0.544. The van der Waals surface area contributed by atoms with Crippen LogP contribution in [0.3, 0.4) is 0 Å². The Balaban J connectivity index is 1.49. The fraction of sp³-hybridized carbons (Fsp3) is 0.222. The van der Waals surface area contributed by atoms with Gasteiger partial charge in [0.1, 0.15) is 29.7 Å². The molecule has 37 heavy (non-hydrogen) atoms.